The van der Waals surface area contributed by atoms with Crippen molar-refractivity contribution in [2.24, 2.45) is 0 Å². The van der Waals surface area contributed by atoms with Gasteiger partial charge in [0.05, 0.1) is 18.8 Å². The van der Waals surface area contributed by atoms with Gasteiger partial charge in [-0.05, 0) is 38.5 Å². The molecule has 4 nitrogen and oxygen atoms in total. The van der Waals surface area contributed by atoms with Crippen LogP contribution in [0.2, 0.25) is 0 Å². The molecule has 2 atom stereocenters. The van der Waals surface area contributed by atoms with Gasteiger partial charge in [0.2, 0.25) is 5.91 Å². The van der Waals surface area contributed by atoms with E-state index in [-0.39, 0.29) is 12.5 Å². The molecular weight excluding hydrogens is 831 g/mol. The Morgan fingerprint density at radius 1 is 0.338 bits per heavy atom. The molecule has 0 aromatic heterocycles. The first-order chi connectivity index (χ1) is 33.7. The topological polar surface area (TPSA) is 69.6 Å². The second-order valence-corrected chi connectivity index (χ2v) is 22.2. The molecular formula is C64H127NO3. The summed E-state index contributed by atoms with van der Waals surface area (Å²) in [7, 11) is 0. The van der Waals surface area contributed by atoms with Crippen molar-refractivity contribution in [1.29, 1.82) is 0 Å². The molecule has 0 bridgehead atoms. The first-order valence-electron chi connectivity index (χ1n) is 31.9. The van der Waals surface area contributed by atoms with E-state index < -0.39 is 12.1 Å². The molecule has 0 fully saturated rings. The molecule has 0 radical (unpaired) electrons. The zero-order valence-corrected chi connectivity index (χ0v) is 46.9. The number of nitrogens with one attached hydrogen (secondary N) is 1. The highest BCUT2D eigenvalue weighted by atomic mass is 16.3. The maximum atomic E-state index is 12.5. The van der Waals surface area contributed by atoms with Gasteiger partial charge in [-0.3, -0.25) is 4.79 Å². The molecule has 0 saturated heterocycles. The number of aliphatic hydroxyl groups excluding tert-OH is 2. The number of rotatable bonds is 60. The van der Waals surface area contributed by atoms with Crippen molar-refractivity contribution in [3.8, 4) is 0 Å². The standard InChI is InChI=1S/C64H127NO3/c1-3-5-7-9-11-13-15-17-19-21-23-24-25-26-27-28-29-30-31-32-33-34-35-36-37-38-39-40-42-44-46-48-50-52-54-56-58-60-64(68)65-62(61-66)63(67)59-57-55-53-51-49-47-45-43-41-22-20-18-16-14-12-10-8-6-4-2/h21,23,62-63,66-67H,3-20,22,24-61H2,1-2H3,(H,65,68)/b23-21-. The molecule has 68 heavy (non-hydrogen) atoms. The molecule has 0 heterocycles. The summed E-state index contributed by atoms with van der Waals surface area (Å²) in [6.45, 7) is 4.40. The van der Waals surface area contributed by atoms with Crippen molar-refractivity contribution in [3.63, 3.8) is 0 Å². The first-order valence-corrected chi connectivity index (χ1v) is 31.9. The van der Waals surface area contributed by atoms with E-state index in [4.69, 9.17) is 0 Å². The Morgan fingerprint density at radius 3 is 0.809 bits per heavy atom. The quantitative estimate of drug-likeness (QED) is 0.0420. The van der Waals surface area contributed by atoms with Crippen LogP contribution >= 0.6 is 0 Å². The number of allylic oxidation sites excluding steroid dienone is 2. The molecule has 0 spiro atoms. The van der Waals surface area contributed by atoms with Gasteiger partial charge >= 0.3 is 0 Å². The van der Waals surface area contributed by atoms with Gasteiger partial charge in [0.25, 0.3) is 0 Å². The molecule has 2 unspecified atom stereocenters. The number of hydrogen-bond donors (Lipinski definition) is 3. The zero-order chi connectivity index (χ0) is 49.2. The van der Waals surface area contributed by atoms with Gasteiger partial charge in [-0.25, -0.2) is 0 Å². The Labute approximate surface area is 428 Å². The van der Waals surface area contributed by atoms with E-state index in [9.17, 15) is 15.0 Å². The lowest BCUT2D eigenvalue weighted by atomic mass is 10.0. The van der Waals surface area contributed by atoms with E-state index in [2.05, 4.69) is 31.3 Å². The van der Waals surface area contributed by atoms with Crippen molar-refractivity contribution in [3.05, 3.63) is 12.2 Å². The van der Waals surface area contributed by atoms with E-state index in [1.165, 1.54) is 321 Å². The summed E-state index contributed by atoms with van der Waals surface area (Å²) in [6, 6.07) is -0.533. The fourth-order valence-corrected chi connectivity index (χ4v) is 10.4. The molecule has 0 aromatic rings. The van der Waals surface area contributed by atoms with Crippen LogP contribution in [-0.4, -0.2) is 34.9 Å². The SMILES string of the molecule is CCCCCCCCCC/C=C\CCCCCCCCCCCCCCCCCCCCCCCCCCCC(=O)NC(CO)C(O)CCCCCCCCCCCCCCCCCCCCC. The number of aliphatic hydroxyl groups is 2. The lowest BCUT2D eigenvalue weighted by Gasteiger charge is -2.22. The van der Waals surface area contributed by atoms with Crippen molar-refractivity contribution < 1.29 is 15.0 Å². The van der Waals surface area contributed by atoms with Crippen LogP contribution in [0.1, 0.15) is 373 Å². The Kier molecular flexibility index (Phi) is 59.7. The summed E-state index contributed by atoms with van der Waals surface area (Å²) in [6.07, 6.45) is 79.6. The number of amides is 1. The molecule has 1 amide bonds. The van der Waals surface area contributed by atoms with Crippen molar-refractivity contribution in [1.82, 2.24) is 5.32 Å². The Balaban J connectivity index is 3.35. The summed E-state index contributed by atoms with van der Waals surface area (Å²) in [5.41, 5.74) is 0. The summed E-state index contributed by atoms with van der Waals surface area (Å²) < 4.78 is 0. The minimum absolute atomic E-state index is 0.0219. The van der Waals surface area contributed by atoms with Gasteiger partial charge in [0.1, 0.15) is 0 Å². The monoisotopic (exact) mass is 958 g/mol. The molecule has 0 aliphatic carbocycles. The molecule has 4 heteroatoms. The first kappa shape index (κ1) is 67.1. The Bertz CT molecular complexity index is 952. The van der Waals surface area contributed by atoms with Crippen LogP contribution in [0.4, 0.5) is 0 Å². The van der Waals surface area contributed by atoms with Crippen molar-refractivity contribution in [2.45, 2.75) is 386 Å². The zero-order valence-electron chi connectivity index (χ0n) is 46.9. The predicted molar refractivity (Wildman–Crippen MR) is 304 cm³/mol. The molecule has 0 saturated carbocycles. The molecule has 0 aliphatic heterocycles. The summed E-state index contributed by atoms with van der Waals surface area (Å²) in [5.74, 6) is -0.0219. The van der Waals surface area contributed by atoms with E-state index in [1.807, 2.05) is 0 Å². The normalized spacial score (nSPS) is 12.7. The van der Waals surface area contributed by atoms with E-state index in [0.717, 1.165) is 25.7 Å². The van der Waals surface area contributed by atoms with Crippen LogP contribution in [0.3, 0.4) is 0 Å². The lowest BCUT2D eigenvalue weighted by Crippen LogP contribution is -2.45. The maximum Gasteiger partial charge on any atom is 0.220 e. The summed E-state index contributed by atoms with van der Waals surface area (Å²) >= 11 is 0. The van der Waals surface area contributed by atoms with Crippen LogP contribution in [-0.2, 0) is 4.79 Å². The van der Waals surface area contributed by atoms with Crippen LogP contribution in [0, 0.1) is 0 Å². The van der Waals surface area contributed by atoms with Gasteiger partial charge in [-0.2, -0.15) is 0 Å². The van der Waals surface area contributed by atoms with Gasteiger partial charge in [-0.1, -0.05) is 341 Å². The molecule has 0 aromatic carbocycles. The van der Waals surface area contributed by atoms with Gasteiger partial charge in [0.15, 0.2) is 0 Å². The lowest BCUT2D eigenvalue weighted by molar-refractivity contribution is -0.123. The number of carbonyl (C=O) groups is 1. The average molecular weight is 959 g/mol. The number of carbonyl (C=O) groups excluding carboxylic acids is 1. The number of hydrogen-bond acceptors (Lipinski definition) is 3. The van der Waals surface area contributed by atoms with Crippen molar-refractivity contribution in [2.75, 3.05) is 6.61 Å². The second kappa shape index (κ2) is 60.4. The summed E-state index contributed by atoms with van der Waals surface area (Å²) in [5, 5.41) is 23.4. The maximum absolute atomic E-state index is 12.5. The van der Waals surface area contributed by atoms with E-state index in [1.54, 1.807) is 0 Å². The Morgan fingerprint density at radius 2 is 0.559 bits per heavy atom. The number of unbranched alkanes of at least 4 members (excludes halogenated alkanes) is 51. The third-order valence-corrected chi connectivity index (χ3v) is 15.3. The third kappa shape index (κ3) is 56.0. The highest BCUT2D eigenvalue weighted by Crippen LogP contribution is 2.19. The van der Waals surface area contributed by atoms with Crippen LogP contribution in [0.25, 0.3) is 0 Å². The van der Waals surface area contributed by atoms with Gasteiger partial charge in [0, 0.05) is 6.42 Å². The minimum Gasteiger partial charge on any atom is -0.394 e. The molecule has 3 N–H and O–H groups in total. The average Bonchev–Trinajstić information content (AvgIpc) is 3.34. The smallest absolute Gasteiger partial charge is 0.220 e. The fourth-order valence-electron chi connectivity index (χ4n) is 10.4. The highest BCUT2D eigenvalue weighted by molar-refractivity contribution is 5.76. The highest BCUT2D eigenvalue weighted by Gasteiger charge is 2.20. The van der Waals surface area contributed by atoms with E-state index in [0.29, 0.717) is 12.8 Å². The predicted octanol–water partition coefficient (Wildman–Crippen LogP) is 21.3. The van der Waals surface area contributed by atoms with Crippen LogP contribution in [0.5, 0.6) is 0 Å². The van der Waals surface area contributed by atoms with Gasteiger partial charge < -0.3 is 15.5 Å². The minimum atomic E-state index is -0.656. The van der Waals surface area contributed by atoms with Crippen molar-refractivity contribution >= 4 is 5.91 Å². The fraction of sp³-hybridized carbons (Fsp3) is 0.953. The second-order valence-electron chi connectivity index (χ2n) is 22.2. The molecule has 0 aliphatic rings. The van der Waals surface area contributed by atoms with Crippen LogP contribution < -0.4 is 5.32 Å². The van der Waals surface area contributed by atoms with Crippen LogP contribution in [0.15, 0.2) is 12.2 Å². The molecule has 406 valence electrons. The van der Waals surface area contributed by atoms with Gasteiger partial charge in [-0.15, -0.1) is 0 Å². The molecule has 0 rings (SSSR count). The Hall–Kier alpha value is -0.870. The largest absolute Gasteiger partial charge is 0.394 e. The van der Waals surface area contributed by atoms with E-state index >= 15 is 0 Å². The summed E-state index contributed by atoms with van der Waals surface area (Å²) in [4.78, 5) is 12.5. The third-order valence-electron chi connectivity index (χ3n) is 15.3.